The minimum Gasteiger partial charge on any atom is -0.431 e. The molecule has 0 saturated heterocycles. The van der Waals surface area contributed by atoms with E-state index in [0.717, 1.165) is 4.70 Å². The molecule has 1 heterocycles. The molecule has 2 aromatic carbocycles. The first-order chi connectivity index (χ1) is 9.10. The summed E-state index contributed by atoms with van der Waals surface area (Å²) in [7, 11) is 0. The maximum absolute atomic E-state index is 13.1. The van der Waals surface area contributed by atoms with Gasteiger partial charge in [-0.05, 0) is 30.3 Å². The predicted octanol–water partition coefficient (Wildman–Crippen LogP) is 4.46. The van der Waals surface area contributed by atoms with Gasteiger partial charge in [-0.25, -0.2) is 9.37 Å². The summed E-state index contributed by atoms with van der Waals surface area (Å²) in [5.74, 6) is 0.208. The molecule has 0 aliphatic carbocycles. The van der Waals surface area contributed by atoms with E-state index in [1.165, 1.54) is 23.5 Å². The molecule has 3 nitrogen and oxygen atoms in total. The van der Waals surface area contributed by atoms with Crippen LogP contribution in [0.5, 0.6) is 10.9 Å². The summed E-state index contributed by atoms with van der Waals surface area (Å²) >= 11 is 7.15. The maximum Gasteiger partial charge on any atom is 0.279 e. The molecule has 19 heavy (non-hydrogen) atoms. The smallest absolute Gasteiger partial charge is 0.279 e. The standard InChI is InChI=1S/C13H8ClFN2OS/c14-7-3-9(16)6-10(4-7)18-13-17-11-2-1-8(15)5-12(11)19-13/h1-6H,16H2. The molecule has 0 spiro atoms. The van der Waals surface area contributed by atoms with Gasteiger partial charge in [0.25, 0.3) is 5.19 Å². The van der Waals surface area contributed by atoms with Gasteiger partial charge in [0.2, 0.25) is 0 Å². The van der Waals surface area contributed by atoms with Crippen LogP contribution in [0.1, 0.15) is 0 Å². The Kier molecular flexibility index (Phi) is 3.00. The largest absolute Gasteiger partial charge is 0.431 e. The molecule has 0 fully saturated rings. The van der Waals surface area contributed by atoms with Crippen LogP contribution in [0, 0.1) is 5.82 Å². The van der Waals surface area contributed by atoms with Crippen molar-refractivity contribution < 1.29 is 9.13 Å². The lowest BCUT2D eigenvalue weighted by Crippen LogP contribution is -1.87. The van der Waals surface area contributed by atoms with Crippen molar-refractivity contribution in [1.82, 2.24) is 4.98 Å². The van der Waals surface area contributed by atoms with Gasteiger partial charge in [-0.2, -0.15) is 0 Å². The summed E-state index contributed by atoms with van der Waals surface area (Å²) in [6, 6.07) is 9.32. The zero-order chi connectivity index (χ0) is 13.4. The highest BCUT2D eigenvalue weighted by atomic mass is 35.5. The number of nitrogens with two attached hydrogens (primary N) is 1. The predicted molar refractivity (Wildman–Crippen MR) is 75.5 cm³/mol. The highest BCUT2D eigenvalue weighted by molar-refractivity contribution is 7.20. The van der Waals surface area contributed by atoms with E-state index in [1.54, 1.807) is 24.3 Å². The van der Waals surface area contributed by atoms with Crippen LogP contribution in [0.4, 0.5) is 10.1 Å². The topological polar surface area (TPSA) is 48.1 Å². The summed E-state index contributed by atoms with van der Waals surface area (Å²) in [6.07, 6.45) is 0. The number of nitrogen functional groups attached to an aromatic ring is 1. The van der Waals surface area contributed by atoms with Gasteiger partial charge in [0, 0.05) is 16.8 Å². The second-order valence-electron chi connectivity index (χ2n) is 3.91. The van der Waals surface area contributed by atoms with Gasteiger partial charge in [0.05, 0.1) is 10.2 Å². The molecule has 0 bridgehead atoms. The van der Waals surface area contributed by atoms with Crippen LogP contribution in [0.15, 0.2) is 36.4 Å². The molecule has 2 N–H and O–H groups in total. The first kappa shape index (κ1) is 12.2. The molecule has 0 aliphatic rings. The van der Waals surface area contributed by atoms with Gasteiger partial charge in [-0.1, -0.05) is 22.9 Å². The number of halogens is 2. The Hall–Kier alpha value is -1.85. The van der Waals surface area contributed by atoms with Crippen LogP contribution in [0.25, 0.3) is 10.2 Å². The lowest BCUT2D eigenvalue weighted by Gasteiger charge is -2.03. The van der Waals surface area contributed by atoms with Crippen LogP contribution in [-0.2, 0) is 0 Å². The Morgan fingerprint density at radius 1 is 1.21 bits per heavy atom. The van der Waals surface area contributed by atoms with Crippen molar-refractivity contribution in [3.8, 4) is 10.9 Å². The summed E-state index contributed by atoms with van der Waals surface area (Å²) in [5, 5.41) is 0.907. The molecule has 3 aromatic rings. The number of anilines is 1. The van der Waals surface area contributed by atoms with E-state index < -0.39 is 0 Å². The number of hydrogen-bond donors (Lipinski definition) is 1. The van der Waals surface area contributed by atoms with E-state index in [1.807, 2.05) is 0 Å². The Balaban J connectivity index is 1.96. The first-order valence-electron chi connectivity index (χ1n) is 5.40. The van der Waals surface area contributed by atoms with Gasteiger partial charge >= 0.3 is 0 Å². The second kappa shape index (κ2) is 4.68. The minimum absolute atomic E-state index is 0.297. The normalized spacial score (nSPS) is 10.8. The van der Waals surface area contributed by atoms with E-state index in [0.29, 0.717) is 27.2 Å². The van der Waals surface area contributed by atoms with Crippen molar-refractivity contribution in [2.45, 2.75) is 0 Å². The fourth-order valence-electron chi connectivity index (χ4n) is 1.67. The molecule has 0 saturated carbocycles. The molecular formula is C13H8ClFN2OS. The van der Waals surface area contributed by atoms with E-state index >= 15 is 0 Å². The molecule has 0 aliphatic heterocycles. The average Bonchev–Trinajstić information content (AvgIpc) is 2.68. The van der Waals surface area contributed by atoms with E-state index in [-0.39, 0.29) is 5.82 Å². The third kappa shape index (κ3) is 2.62. The quantitative estimate of drug-likeness (QED) is 0.710. The summed E-state index contributed by atoms with van der Waals surface area (Å²) in [5.41, 5.74) is 6.88. The summed E-state index contributed by atoms with van der Waals surface area (Å²) in [6.45, 7) is 0. The summed E-state index contributed by atoms with van der Waals surface area (Å²) in [4.78, 5) is 4.25. The molecule has 0 unspecified atom stereocenters. The van der Waals surface area contributed by atoms with Crippen molar-refractivity contribution in [1.29, 1.82) is 0 Å². The van der Waals surface area contributed by atoms with Crippen LogP contribution in [-0.4, -0.2) is 4.98 Å². The number of thiazole rings is 1. The zero-order valence-electron chi connectivity index (χ0n) is 9.56. The van der Waals surface area contributed by atoms with Gasteiger partial charge in [0.15, 0.2) is 0 Å². The lowest BCUT2D eigenvalue weighted by molar-refractivity contribution is 0.480. The number of rotatable bonds is 2. The first-order valence-corrected chi connectivity index (χ1v) is 6.59. The van der Waals surface area contributed by atoms with Crippen LogP contribution in [0.3, 0.4) is 0 Å². The summed E-state index contributed by atoms with van der Waals surface area (Å²) < 4.78 is 19.4. The Morgan fingerprint density at radius 3 is 2.84 bits per heavy atom. The van der Waals surface area contributed by atoms with Crippen LogP contribution in [0.2, 0.25) is 5.02 Å². The number of benzene rings is 2. The Bertz CT molecular complexity index is 739. The third-order valence-corrected chi connectivity index (χ3v) is 3.54. The molecule has 3 rings (SSSR count). The van der Waals surface area contributed by atoms with E-state index in [9.17, 15) is 4.39 Å². The second-order valence-corrected chi connectivity index (χ2v) is 5.34. The molecule has 0 amide bonds. The minimum atomic E-state index is -0.297. The average molecular weight is 295 g/mol. The molecular weight excluding hydrogens is 287 g/mol. The Morgan fingerprint density at radius 2 is 2.05 bits per heavy atom. The van der Waals surface area contributed by atoms with Crippen LogP contribution < -0.4 is 10.5 Å². The number of nitrogens with zero attached hydrogens (tertiary/aromatic N) is 1. The van der Waals surface area contributed by atoms with Crippen molar-refractivity contribution in [3.05, 3.63) is 47.2 Å². The van der Waals surface area contributed by atoms with Crippen molar-refractivity contribution >= 4 is 38.8 Å². The SMILES string of the molecule is Nc1cc(Cl)cc(Oc2nc3ccc(F)cc3s2)c1. The lowest BCUT2D eigenvalue weighted by atomic mass is 10.3. The molecule has 1 aromatic heterocycles. The molecule has 0 radical (unpaired) electrons. The van der Waals surface area contributed by atoms with Gasteiger partial charge in [-0.3, -0.25) is 0 Å². The number of fused-ring (bicyclic) bond motifs is 1. The van der Waals surface area contributed by atoms with E-state index in [4.69, 9.17) is 22.1 Å². The van der Waals surface area contributed by atoms with Crippen molar-refractivity contribution in [2.24, 2.45) is 0 Å². The monoisotopic (exact) mass is 294 g/mol. The molecule has 0 atom stereocenters. The molecule has 6 heteroatoms. The Labute approximate surface area is 117 Å². The van der Waals surface area contributed by atoms with Crippen molar-refractivity contribution in [3.63, 3.8) is 0 Å². The molecule has 96 valence electrons. The van der Waals surface area contributed by atoms with Gasteiger partial charge < -0.3 is 10.5 Å². The zero-order valence-corrected chi connectivity index (χ0v) is 11.1. The van der Waals surface area contributed by atoms with Crippen molar-refractivity contribution in [2.75, 3.05) is 5.73 Å². The van der Waals surface area contributed by atoms with Gasteiger partial charge in [-0.15, -0.1) is 0 Å². The number of ether oxygens (including phenoxy) is 1. The third-order valence-electron chi connectivity index (χ3n) is 2.43. The highest BCUT2D eigenvalue weighted by Crippen LogP contribution is 2.33. The maximum atomic E-state index is 13.1. The fraction of sp³-hybridized carbons (Fsp3) is 0. The highest BCUT2D eigenvalue weighted by Gasteiger charge is 2.08. The van der Waals surface area contributed by atoms with E-state index in [2.05, 4.69) is 4.98 Å². The number of aromatic nitrogens is 1. The van der Waals surface area contributed by atoms with Gasteiger partial charge in [0.1, 0.15) is 11.6 Å². The van der Waals surface area contributed by atoms with Crippen LogP contribution >= 0.6 is 22.9 Å². The number of hydrogen-bond acceptors (Lipinski definition) is 4. The fourth-order valence-corrected chi connectivity index (χ4v) is 2.76.